The number of methoxy groups -OCH3 is 1. The third-order valence-corrected chi connectivity index (χ3v) is 2.59. The van der Waals surface area contributed by atoms with E-state index < -0.39 is 19.0 Å². The van der Waals surface area contributed by atoms with E-state index in [4.69, 9.17) is 4.74 Å². The van der Waals surface area contributed by atoms with Crippen LogP contribution in [-0.2, 0) is 6.42 Å². The number of carbonyl (C=O) groups excluding carboxylic acids is 1. The van der Waals surface area contributed by atoms with Crippen LogP contribution in [0.4, 0.5) is 13.6 Å². The summed E-state index contributed by atoms with van der Waals surface area (Å²) in [6.45, 7) is 1.68. The molecule has 114 valence electrons. The first-order valence-electron chi connectivity index (χ1n) is 5.96. The number of carbonyl (C=O) groups is 1. The third kappa shape index (κ3) is 6.56. The van der Waals surface area contributed by atoms with Crippen molar-refractivity contribution in [2.45, 2.75) is 19.8 Å². The Morgan fingerprint density at radius 3 is 2.65 bits per heavy atom. The van der Waals surface area contributed by atoms with E-state index in [9.17, 15) is 13.6 Å². The van der Waals surface area contributed by atoms with Crippen LogP contribution in [0.1, 0.15) is 11.1 Å². The molecule has 0 aliphatic rings. The highest BCUT2D eigenvalue weighted by molar-refractivity contribution is 5.85. The second kappa shape index (κ2) is 9.36. The molecule has 0 radical (unpaired) electrons. The molecule has 0 aliphatic heterocycles. The van der Waals surface area contributed by atoms with Crippen LogP contribution >= 0.6 is 12.4 Å². The Hall–Kier alpha value is -1.56. The first-order chi connectivity index (χ1) is 9.02. The summed E-state index contributed by atoms with van der Waals surface area (Å²) >= 11 is 0. The van der Waals surface area contributed by atoms with Gasteiger partial charge in [-0.25, -0.2) is 13.6 Å². The number of ether oxygens (including phenoxy) is 1. The molecule has 2 amide bonds. The molecule has 0 aromatic heterocycles. The predicted molar refractivity (Wildman–Crippen MR) is 76.1 cm³/mol. The quantitative estimate of drug-likeness (QED) is 0.848. The van der Waals surface area contributed by atoms with Crippen LogP contribution in [0.15, 0.2) is 18.2 Å². The Balaban J connectivity index is 0.00000361. The summed E-state index contributed by atoms with van der Waals surface area (Å²) in [4.78, 5) is 11.1. The molecule has 0 saturated carbocycles. The summed E-state index contributed by atoms with van der Waals surface area (Å²) in [5.41, 5.74) is 2.05. The topological polar surface area (TPSA) is 50.4 Å². The molecule has 0 unspecified atom stereocenters. The van der Waals surface area contributed by atoms with Gasteiger partial charge >= 0.3 is 6.03 Å². The van der Waals surface area contributed by atoms with Gasteiger partial charge in [0.05, 0.1) is 13.7 Å². The number of hydrogen-bond donors (Lipinski definition) is 2. The molecule has 0 heterocycles. The molecule has 20 heavy (non-hydrogen) atoms. The molecule has 0 atom stereocenters. The van der Waals surface area contributed by atoms with Gasteiger partial charge in [-0.05, 0) is 30.5 Å². The summed E-state index contributed by atoms with van der Waals surface area (Å²) in [5.74, 6) is 0.791. The maximum Gasteiger partial charge on any atom is 0.314 e. The average Bonchev–Trinajstić information content (AvgIpc) is 2.38. The van der Waals surface area contributed by atoms with Gasteiger partial charge < -0.3 is 15.4 Å². The number of urea groups is 1. The van der Waals surface area contributed by atoms with Crippen LogP contribution in [-0.4, -0.2) is 32.7 Å². The Morgan fingerprint density at radius 2 is 2.05 bits per heavy atom. The summed E-state index contributed by atoms with van der Waals surface area (Å²) in [5, 5.41) is 4.59. The lowest BCUT2D eigenvalue weighted by molar-refractivity contribution is 0.146. The molecule has 1 rings (SSSR count). The van der Waals surface area contributed by atoms with Crippen molar-refractivity contribution in [1.82, 2.24) is 10.6 Å². The maximum atomic E-state index is 11.8. The highest BCUT2D eigenvalue weighted by Crippen LogP contribution is 2.18. The molecule has 0 aliphatic carbocycles. The van der Waals surface area contributed by atoms with E-state index in [0.29, 0.717) is 13.0 Å². The Kier molecular flexibility index (Phi) is 8.63. The van der Waals surface area contributed by atoms with E-state index in [1.807, 2.05) is 25.1 Å². The van der Waals surface area contributed by atoms with Crippen molar-refractivity contribution in [2.24, 2.45) is 0 Å². The van der Waals surface area contributed by atoms with E-state index in [-0.39, 0.29) is 12.4 Å². The van der Waals surface area contributed by atoms with Crippen molar-refractivity contribution in [2.75, 3.05) is 20.2 Å². The summed E-state index contributed by atoms with van der Waals surface area (Å²) in [6.07, 6.45) is -1.93. The van der Waals surface area contributed by atoms with Gasteiger partial charge in [0, 0.05) is 6.54 Å². The van der Waals surface area contributed by atoms with Crippen molar-refractivity contribution in [1.29, 1.82) is 0 Å². The van der Waals surface area contributed by atoms with Crippen LogP contribution in [0.25, 0.3) is 0 Å². The van der Waals surface area contributed by atoms with E-state index in [0.717, 1.165) is 16.9 Å². The van der Waals surface area contributed by atoms with Crippen LogP contribution in [0, 0.1) is 6.92 Å². The maximum absolute atomic E-state index is 11.8. The minimum absolute atomic E-state index is 0. The number of alkyl halides is 2. The van der Waals surface area contributed by atoms with Gasteiger partial charge in [-0.1, -0.05) is 12.1 Å². The molecule has 0 spiro atoms. The molecule has 1 aromatic carbocycles. The first-order valence-corrected chi connectivity index (χ1v) is 5.96. The number of amides is 2. The minimum Gasteiger partial charge on any atom is -0.496 e. The molecule has 4 nitrogen and oxygen atoms in total. The molecule has 0 fully saturated rings. The van der Waals surface area contributed by atoms with Gasteiger partial charge in [0.2, 0.25) is 0 Å². The summed E-state index contributed by atoms with van der Waals surface area (Å²) < 4.78 is 28.9. The third-order valence-electron chi connectivity index (χ3n) is 2.59. The SMILES string of the molecule is COc1cc(CCNC(=O)NCC(F)F)ccc1C.Cl. The zero-order valence-corrected chi connectivity index (χ0v) is 12.2. The van der Waals surface area contributed by atoms with Gasteiger partial charge in [-0.3, -0.25) is 0 Å². The summed E-state index contributed by atoms with van der Waals surface area (Å²) in [7, 11) is 1.60. The van der Waals surface area contributed by atoms with Gasteiger partial charge in [0.1, 0.15) is 5.75 Å². The van der Waals surface area contributed by atoms with Crippen LogP contribution in [0.3, 0.4) is 0 Å². The molecule has 7 heteroatoms. The lowest BCUT2D eigenvalue weighted by Gasteiger charge is -2.09. The predicted octanol–water partition coefficient (Wildman–Crippen LogP) is 2.53. The van der Waals surface area contributed by atoms with Crippen molar-refractivity contribution >= 4 is 18.4 Å². The van der Waals surface area contributed by atoms with Crippen molar-refractivity contribution < 1.29 is 18.3 Å². The van der Waals surface area contributed by atoms with Crippen LogP contribution < -0.4 is 15.4 Å². The van der Waals surface area contributed by atoms with E-state index in [2.05, 4.69) is 10.6 Å². The zero-order chi connectivity index (χ0) is 14.3. The average molecular weight is 309 g/mol. The smallest absolute Gasteiger partial charge is 0.314 e. The molecule has 2 N–H and O–H groups in total. The van der Waals surface area contributed by atoms with Gasteiger partial charge in [0.25, 0.3) is 6.43 Å². The standard InChI is InChI=1S/C13H18F2N2O2.ClH/c1-9-3-4-10(7-11(9)19-2)5-6-16-13(18)17-8-12(14)15;/h3-4,7,12H,5-6,8H2,1-2H3,(H2,16,17,18);1H. The molecular weight excluding hydrogens is 290 g/mol. The van der Waals surface area contributed by atoms with Gasteiger partial charge in [-0.2, -0.15) is 0 Å². The highest BCUT2D eigenvalue weighted by atomic mass is 35.5. The molecule has 1 aromatic rings. The Bertz CT molecular complexity index is 431. The second-order valence-corrected chi connectivity index (χ2v) is 4.08. The molecule has 0 bridgehead atoms. The molecule has 0 saturated heterocycles. The number of benzene rings is 1. The van der Waals surface area contributed by atoms with Crippen molar-refractivity contribution in [3.05, 3.63) is 29.3 Å². The van der Waals surface area contributed by atoms with E-state index in [1.54, 1.807) is 7.11 Å². The summed E-state index contributed by atoms with van der Waals surface area (Å²) in [6, 6.07) is 5.19. The van der Waals surface area contributed by atoms with Gasteiger partial charge in [-0.15, -0.1) is 12.4 Å². The zero-order valence-electron chi connectivity index (χ0n) is 11.4. The van der Waals surface area contributed by atoms with Crippen LogP contribution in [0.5, 0.6) is 5.75 Å². The largest absolute Gasteiger partial charge is 0.496 e. The fraction of sp³-hybridized carbons (Fsp3) is 0.462. The number of rotatable bonds is 6. The normalized spacial score (nSPS) is 9.85. The fourth-order valence-electron chi connectivity index (χ4n) is 1.57. The lowest BCUT2D eigenvalue weighted by atomic mass is 10.1. The monoisotopic (exact) mass is 308 g/mol. The number of aryl methyl sites for hydroxylation is 1. The number of nitrogens with one attached hydrogen (secondary N) is 2. The number of hydrogen-bond acceptors (Lipinski definition) is 2. The first kappa shape index (κ1) is 18.4. The lowest BCUT2D eigenvalue weighted by Crippen LogP contribution is -2.38. The van der Waals surface area contributed by atoms with Crippen molar-refractivity contribution in [3.8, 4) is 5.75 Å². The van der Waals surface area contributed by atoms with E-state index >= 15 is 0 Å². The Morgan fingerprint density at radius 1 is 1.35 bits per heavy atom. The second-order valence-electron chi connectivity index (χ2n) is 4.08. The Labute approximate surface area is 123 Å². The highest BCUT2D eigenvalue weighted by Gasteiger charge is 2.05. The van der Waals surface area contributed by atoms with Crippen LogP contribution in [0.2, 0.25) is 0 Å². The van der Waals surface area contributed by atoms with E-state index in [1.165, 1.54) is 0 Å². The number of halogens is 3. The molecular formula is C13H19ClF2N2O2. The minimum atomic E-state index is -2.54. The fourth-order valence-corrected chi connectivity index (χ4v) is 1.57. The van der Waals surface area contributed by atoms with Crippen molar-refractivity contribution in [3.63, 3.8) is 0 Å². The van der Waals surface area contributed by atoms with Gasteiger partial charge in [0.15, 0.2) is 0 Å².